The van der Waals surface area contributed by atoms with Gasteiger partial charge in [0, 0.05) is 11.6 Å². The molecule has 0 aliphatic carbocycles. The second-order valence-corrected chi connectivity index (χ2v) is 10.3. The van der Waals surface area contributed by atoms with Crippen molar-refractivity contribution in [3.63, 3.8) is 0 Å². The summed E-state index contributed by atoms with van der Waals surface area (Å²) in [5, 5.41) is 3.07. The molecule has 0 saturated heterocycles. The van der Waals surface area contributed by atoms with Gasteiger partial charge in [-0.3, -0.25) is 4.79 Å². The van der Waals surface area contributed by atoms with Crippen LogP contribution >= 0.6 is 0 Å². The SMILES string of the molecule is CC.CC.CC1=CC(C)C(C)C(C)CC(C)C(C)c2cccc(c2)NC(=O)C2=CCCC(O2)C1C. The molecule has 1 N–H and O–H groups in total. The predicted octanol–water partition coefficient (Wildman–Crippen LogP) is 9.37. The van der Waals surface area contributed by atoms with Crippen molar-refractivity contribution in [1.29, 1.82) is 0 Å². The van der Waals surface area contributed by atoms with Crippen molar-refractivity contribution in [2.24, 2.45) is 29.6 Å². The standard InChI is InChI=1S/C28H41NO2.2C2H6/c1-17-14-19(3)22(6)24-10-8-11-25(16-24)29-28(30)27-13-9-12-26(31-27)23(7)20(4)15-18(2)21(17)5;2*1-2/h8,10-11,13,15-19,21-23,26H,9,12,14H2,1-7H3,(H,29,30);2*1-2H3. The summed E-state index contributed by atoms with van der Waals surface area (Å²) >= 11 is 0. The summed E-state index contributed by atoms with van der Waals surface area (Å²) in [7, 11) is 0. The van der Waals surface area contributed by atoms with Crippen molar-refractivity contribution >= 4 is 11.6 Å². The van der Waals surface area contributed by atoms with Crippen LogP contribution in [0.25, 0.3) is 0 Å². The molecule has 1 aromatic rings. The van der Waals surface area contributed by atoms with Gasteiger partial charge < -0.3 is 10.1 Å². The zero-order valence-corrected chi connectivity index (χ0v) is 24.4. The molecule has 4 bridgehead atoms. The third-order valence-corrected chi connectivity index (χ3v) is 8.08. The Morgan fingerprint density at radius 3 is 2.23 bits per heavy atom. The Hall–Kier alpha value is -2.03. The number of hydrogen-bond acceptors (Lipinski definition) is 2. The Morgan fingerprint density at radius 1 is 0.914 bits per heavy atom. The topological polar surface area (TPSA) is 38.3 Å². The third-order valence-electron chi connectivity index (χ3n) is 8.08. The van der Waals surface area contributed by atoms with Gasteiger partial charge in [0.25, 0.3) is 5.91 Å². The van der Waals surface area contributed by atoms with E-state index in [0.29, 0.717) is 41.3 Å². The van der Waals surface area contributed by atoms with Crippen molar-refractivity contribution in [1.82, 2.24) is 0 Å². The monoisotopic (exact) mass is 483 g/mol. The minimum Gasteiger partial charge on any atom is -0.484 e. The molecule has 198 valence electrons. The second-order valence-electron chi connectivity index (χ2n) is 10.3. The van der Waals surface area contributed by atoms with Crippen LogP contribution in [-0.4, -0.2) is 12.0 Å². The number of allylic oxidation sites excluding steroid dienone is 2. The number of amides is 1. The number of nitrogens with one attached hydrogen (secondary N) is 1. The van der Waals surface area contributed by atoms with Gasteiger partial charge in [-0.1, -0.05) is 93.0 Å². The van der Waals surface area contributed by atoms with E-state index in [-0.39, 0.29) is 12.0 Å². The van der Waals surface area contributed by atoms with Crippen LogP contribution in [0.3, 0.4) is 0 Å². The number of hydrogen-bond donors (Lipinski definition) is 1. The highest BCUT2D eigenvalue weighted by molar-refractivity contribution is 6.02. The molecule has 0 spiro atoms. The van der Waals surface area contributed by atoms with Crippen LogP contribution < -0.4 is 5.32 Å². The Morgan fingerprint density at radius 2 is 1.57 bits per heavy atom. The number of anilines is 1. The van der Waals surface area contributed by atoms with E-state index in [1.54, 1.807) is 0 Å². The van der Waals surface area contributed by atoms with Crippen LogP contribution in [0.5, 0.6) is 0 Å². The molecule has 2 aliphatic heterocycles. The fourth-order valence-electron chi connectivity index (χ4n) is 5.10. The van der Waals surface area contributed by atoms with Gasteiger partial charge in [0.15, 0.2) is 5.76 Å². The summed E-state index contributed by atoms with van der Waals surface area (Å²) < 4.78 is 6.21. The largest absolute Gasteiger partial charge is 0.484 e. The molecule has 1 amide bonds. The van der Waals surface area contributed by atoms with Crippen LogP contribution in [0.15, 0.2) is 47.7 Å². The van der Waals surface area contributed by atoms with Crippen LogP contribution in [0, 0.1) is 29.6 Å². The minimum atomic E-state index is -0.142. The molecular formula is C32H53NO2. The average molecular weight is 484 g/mol. The smallest absolute Gasteiger partial charge is 0.290 e. The van der Waals surface area contributed by atoms with Gasteiger partial charge in [-0.15, -0.1) is 0 Å². The van der Waals surface area contributed by atoms with Gasteiger partial charge in [0.2, 0.25) is 0 Å². The highest BCUT2D eigenvalue weighted by Crippen LogP contribution is 2.36. The molecule has 3 rings (SSSR count). The Kier molecular flexibility index (Phi) is 13.4. The van der Waals surface area contributed by atoms with Gasteiger partial charge in [0.1, 0.15) is 6.10 Å². The zero-order chi connectivity index (χ0) is 26.7. The van der Waals surface area contributed by atoms with E-state index in [0.717, 1.165) is 18.5 Å². The molecule has 2 heterocycles. The van der Waals surface area contributed by atoms with Crippen LogP contribution in [0.2, 0.25) is 0 Å². The molecule has 0 radical (unpaired) electrons. The summed E-state index contributed by atoms with van der Waals surface area (Å²) in [4.78, 5) is 12.9. The lowest BCUT2D eigenvalue weighted by molar-refractivity contribution is -0.118. The maximum atomic E-state index is 12.9. The summed E-state index contributed by atoms with van der Waals surface area (Å²) in [6.07, 6.45) is 7.46. The fourth-order valence-corrected chi connectivity index (χ4v) is 5.10. The summed E-state index contributed by atoms with van der Waals surface area (Å²) in [6, 6.07) is 8.32. The zero-order valence-electron chi connectivity index (χ0n) is 24.4. The quantitative estimate of drug-likeness (QED) is 0.373. The van der Waals surface area contributed by atoms with Gasteiger partial charge in [-0.05, 0) is 79.5 Å². The number of rotatable bonds is 0. The lowest BCUT2D eigenvalue weighted by Gasteiger charge is -2.31. The normalized spacial score (nSPS) is 31.5. The van der Waals surface area contributed by atoms with E-state index in [1.807, 2.05) is 45.9 Å². The number of ether oxygens (including phenoxy) is 1. The molecule has 3 nitrogen and oxygen atoms in total. The first-order chi connectivity index (χ1) is 16.7. The molecular weight excluding hydrogens is 430 g/mol. The molecule has 1 aromatic carbocycles. The highest BCUT2D eigenvalue weighted by Gasteiger charge is 2.29. The molecule has 0 aromatic heterocycles. The van der Waals surface area contributed by atoms with E-state index >= 15 is 0 Å². The fraction of sp³-hybridized carbons (Fsp3) is 0.656. The lowest BCUT2D eigenvalue weighted by atomic mass is 9.75. The molecule has 7 unspecified atom stereocenters. The molecule has 0 fully saturated rings. The number of carbonyl (C=O) groups is 1. The van der Waals surface area contributed by atoms with Gasteiger partial charge in [0.05, 0.1) is 0 Å². The van der Waals surface area contributed by atoms with Crippen molar-refractivity contribution in [2.75, 3.05) is 5.32 Å². The second kappa shape index (κ2) is 15.2. The van der Waals surface area contributed by atoms with Crippen molar-refractivity contribution in [3.05, 3.63) is 53.3 Å². The molecule has 2 aliphatic rings. The Labute approximate surface area is 216 Å². The third kappa shape index (κ3) is 8.54. The molecule has 35 heavy (non-hydrogen) atoms. The van der Waals surface area contributed by atoms with Gasteiger partial charge in [-0.2, -0.15) is 0 Å². The maximum absolute atomic E-state index is 12.9. The molecule has 3 heteroatoms. The van der Waals surface area contributed by atoms with E-state index in [9.17, 15) is 4.79 Å². The van der Waals surface area contributed by atoms with Crippen molar-refractivity contribution < 1.29 is 9.53 Å². The summed E-state index contributed by atoms with van der Waals surface area (Å²) in [5.41, 5.74) is 3.50. The first-order valence-corrected chi connectivity index (χ1v) is 14.1. The molecule has 7 atom stereocenters. The molecule has 0 saturated carbocycles. The summed E-state index contributed by atoms with van der Waals surface area (Å²) in [6.45, 7) is 24.3. The Balaban J connectivity index is 0.00000145. The number of fused-ring (bicyclic) bond motifs is 4. The first-order valence-electron chi connectivity index (χ1n) is 14.1. The first kappa shape index (κ1) is 31.0. The average Bonchev–Trinajstić information content (AvgIpc) is 2.89. The van der Waals surface area contributed by atoms with E-state index in [4.69, 9.17) is 4.74 Å². The lowest BCUT2D eigenvalue weighted by Crippen LogP contribution is -2.29. The van der Waals surface area contributed by atoms with Crippen molar-refractivity contribution in [2.45, 2.75) is 107 Å². The number of benzene rings is 1. The van der Waals surface area contributed by atoms with Crippen LogP contribution in [-0.2, 0) is 9.53 Å². The predicted molar refractivity (Wildman–Crippen MR) is 153 cm³/mol. The van der Waals surface area contributed by atoms with E-state index in [2.05, 4.69) is 72.0 Å². The van der Waals surface area contributed by atoms with Gasteiger partial charge >= 0.3 is 0 Å². The summed E-state index contributed by atoms with van der Waals surface area (Å²) in [5.74, 6) is 3.39. The number of carbonyl (C=O) groups excluding carboxylic acids is 1. The van der Waals surface area contributed by atoms with Gasteiger partial charge in [-0.25, -0.2) is 0 Å². The maximum Gasteiger partial charge on any atom is 0.290 e. The van der Waals surface area contributed by atoms with Crippen LogP contribution in [0.4, 0.5) is 5.69 Å². The van der Waals surface area contributed by atoms with E-state index in [1.165, 1.54) is 17.6 Å². The van der Waals surface area contributed by atoms with E-state index < -0.39 is 0 Å². The van der Waals surface area contributed by atoms with Crippen LogP contribution in [0.1, 0.15) is 107 Å². The van der Waals surface area contributed by atoms with Crippen molar-refractivity contribution in [3.8, 4) is 0 Å². The highest BCUT2D eigenvalue weighted by atomic mass is 16.5. The Bertz CT molecular complexity index is 840. The minimum absolute atomic E-state index is 0.0454.